The van der Waals surface area contributed by atoms with E-state index in [4.69, 9.17) is 15.2 Å². The molecule has 2 rings (SSSR count). The number of ether oxygens (including phenoxy) is 2. The number of likely N-dealkylation sites (tertiary alicyclic amines) is 1. The van der Waals surface area contributed by atoms with Crippen LogP contribution in [0.5, 0.6) is 5.75 Å². The lowest BCUT2D eigenvalue weighted by Crippen LogP contribution is -2.41. The van der Waals surface area contributed by atoms with E-state index in [0.717, 1.165) is 29.8 Å². The number of rotatable bonds is 3. The van der Waals surface area contributed by atoms with Crippen molar-refractivity contribution in [2.24, 2.45) is 0 Å². The van der Waals surface area contributed by atoms with Gasteiger partial charge in [0, 0.05) is 18.8 Å². The molecule has 5 nitrogen and oxygen atoms in total. The van der Waals surface area contributed by atoms with Crippen LogP contribution in [0.2, 0.25) is 0 Å². The number of anilines is 1. The van der Waals surface area contributed by atoms with Crippen LogP contribution in [0.15, 0.2) is 18.2 Å². The van der Waals surface area contributed by atoms with Gasteiger partial charge in [-0.1, -0.05) is 0 Å². The Morgan fingerprint density at radius 3 is 2.52 bits per heavy atom. The number of nitrogens with zero attached hydrogens (tertiary/aromatic N) is 1. The Hall–Kier alpha value is -1.91. The molecule has 0 bridgehead atoms. The van der Waals surface area contributed by atoms with Crippen molar-refractivity contribution in [2.75, 3.05) is 25.4 Å². The molecule has 0 radical (unpaired) electrons. The lowest BCUT2D eigenvalue weighted by molar-refractivity contribution is 0.0205. The predicted octanol–water partition coefficient (Wildman–Crippen LogP) is 3.78. The summed E-state index contributed by atoms with van der Waals surface area (Å²) in [6.07, 6.45) is 1.55. The maximum absolute atomic E-state index is 12.1. The Bertz CT molecular complexity index is 544. The molecule has 0 saturated carbocycles. The van der Waals surface area contributed by atoms with E-state index in [2.05, 4.69) is 0 Å². The Morgan fingerprint density at radius 1 is 1.30 bits per heavy atom. The summed E-state index contributed by atoms with van der Waals surface area (Å²) in [5.41, 5.74) is 7.60. The van der Waals surface area contributed by atoms with Crippen molar-refractivity contribution in [1.82, 2.24) is 4.90 Å². The Labute approximate surface area is 138 Å². The predicted molar refractivity (Wildman–Crippen MR) is 91.8 cm³/mol. The molecule has 0 atom stereocenters. The average molecular weight is 320 g/mol. The molecule has 1 saturated heterocycles. The van der Waals surface area contributed by atoms with Gasteiger partial charge in [0.25, 0.3) is 0 Å². The fourth-order valence-corrected chi connectivity index (χ4v) is 2.86. The lowest BCUT2D eigenvalue weighted by Gasteiger charge is -2.34. The molecule has 1 amide bonds. The fourth-order valence-electron chi connectivity index (χ4n) is 2.86. The second-order valence-electron chi connectivity index (χ2n) is 6.97. The minimum absolute atomic E-state index is 0.230. The van der Waals surface area contributed by atoms with Crippen LogP contribution in [0.1, 0.15) is 52.0 Å². The zero-order valence-electron chi connectivity index (χ0n) is 14.6. The van der Waals surface area contributed by atoms with E-state index in [1.807, 2.05) is 45.9 Å². The molecule has 0 spiro atoms. The van der Waals surface area contributed by atoms with Gasteiger partial charge in [-0.15, -0.1) is 0 Å². The first-order valence-corrected chi connectivity index (χ1v) is 8.30. The third-order valence-electron chi connectivity index (χ3n) is 3.96. The summed E-state index contributed by atoms with van der Waals surface area (Å²) in [5.74, 6) is 1.21. The molecular formula is C18H28N2O3. The van der Waals surface area contributed by atoms with E-state index >= 15 is 0 Å². The molecule has 23 heavy (non-hydrogen) atoms. The number of benzene rings is 1. The van der Waals surface area contributed by atoms with Gasteiger partial charge in [0.15, 0.2) is 0 Å². The van der Waals surface area contributed by atoms with Gasteiger partial charge in [0.1, 0.15) is 11.4 Å². The molecule has 0 aliphatic carbocycles. The van der Waals surface area contributed by atoms with Crippen molar-refractivity contribution in [3.8, 4) is 5.75 Å². The van der Waals surface area contributed by atoms with Crippen molar-refractivity contribution < 1.29 is 14.3 Å². The number of carbonyl (C=O) groups excluding carboxylic acids is 1. The number of piperidine rings is 1. The maximum atomic E-state index is 12.1. The Kier molecular flexibility index (Phi) is 5.39. The third kappa shape index (κ3) is 4.78. The zero-order chi connectivity index (χ0) is 17.0. The fraction of sp³-hybridized carbons (Fsp3) is 0.611. The topological polar surface area (TPSA) is 64.8 Å². The molecule has 1 fully saturated rings. The number of hydrogen-bond acceptors (Lipinski definition) is 4. The van der Waals surface area contributed by atoms with Crippen molar-refractivity contribution in [3.05, 3.63) is 23.8 Å². The highest BCUT2D eigenvalue weighted by Gasteiger charge is 2.28. The summed E-state index contributed by atoms with van der Waals surface area (Å²) < 4.78 is 11.0. The molecular weight excluding hydrogens is 292 g/mol. The minimum atomic E-state index is -0.454. The molecule has 1 aliphatic rings. The number of carbonyl (C=O) groups is 1. The maximum Gasteiger partial charge on any atom is 0.410 e. The Morgan fingerprint density at radius 2 is 1.96 bits per heavy atom. The zero-order valence-corrected chi connectivity index (χ0v) is 14.6. The SMILES string of the molecule is CCOc1ccc(N)c(C2CCN(C(=O)OC(C)(C)C)CC2)c1. The summed E-state index contributed by atoms with van der Waals surface area (Å²) in [5, 5.41) is 0. The molecule has 5 heteroatoms. The minimum Gasteiger partial charge on any atom is -0.494 e. The standard InChI is InChI=1S/C18H28N2O3/c1-5-22-14-6-7-16(19)15(12-14)13-8-10-20(11-9-13)17(21)23-18(2,3)4/h6-7,12-13H,5,8-11,19H2,1-4H3. The first-order valence-electron chi connectivity index (χ1n) is 8.30. The van der Waals surface area contributed by atoms with Gasteiger partial charge in [0.2, 0.25) is 0 Å². The second-order valence-corrected chi connectivity index (χ2v) is 6.97. The van der Waals surface area contributed by atoms with E-state index < -0.39 is 5.60 Å². The molecule has 1 heterocycles. The van der Waals surface area contributed by atoms with Gasteiger partial charge in [-0.3, -0.25) is 0 Å². The van der Waals surface area contributed by atoms with Crippen molar-refractivity contribution in [3.63, 3.8) is 0 Å². The quantitative estimate of drug-likeness (QED) is 0.861. The highest BCUT2D eigenvalue weighted by Crippen LogP contribution is 2.34. The second kappa shape index (κ2) is 7.11. The van der Waals surface area contributed by atoms with Crippen LogP contribution < -0.4 is 10.5 Å². The van der Waals surface area contributed by atoms with Crippen LogP contribution in [0.4, 0.5) is 10.5 Å². The van der Waals surface area contributed by atoms with E-state index in [-0.39, 0.29) is 6.09 Å². The van der Waals surface area contributed by atoms with E-state index in [0.29, 0.717) is 25.6 Å². The smallest absolute Gasteiger partial charge is 0.410 e. The number of amides is 1. The van der Waals surface area contributed by atoms with Gasteiger partial charge in [-0.2, -0.15) is 0 Å². The van der Waals surface area contributed by atoms with E-state index in [1.54, 1.807) is 4.90 Å². The molecule has 1 aliphatic heterocycles. The van der Waals surface area contributed by atoms with E-state index in [9.17, 15) is 4.79 Å². The van der Waals surface area contributed by atoms with Gasteiger partial charge in [-0.25, -0.2) is 4.79 Å². The van der Waals surface area contributed by atoms with Crippen molar-refractivity contribution in [2.45, 2.75) is 52.1 Å². The van der Waals surface area contributed by atoms with Gasteiger partial charge in [-0.05, 0) is 70.2 Å². The molecule has 2 N–H and O–H groups in total. The molecule has 0 aromatic heterocycles. The summed E-state index contributed by atoms with van der Waals surface area (Å²) in [4.78, 5) is 13.9. The largest absolute Gasteiger partial charge is 0.494 e. The van der Waals surface area contributed by atoms with Gasteiger partial charge in [0.05, 0.1) is 6.61 Å². The summed E-state index contributed by atoms with van der Waals surface area (Å²) in [7, 11) is 0. The molecule has 1 aromatic rings. The van der Waals surface area contributed by atoms with Crippen molar-refractivity contribution >= 4 is 11.8 Å². The van der Waals surface area contributed by atoms with Crippen LogP contribution >= 0.6 is 0 Å². The van der Waals surface area contributed by atoms with Crippen LogP contribution in [-0.2, 0) is 4.74 Å². The molecule has 0 unspecified atom stereocenters. The van der Waals surface area contributed by atoms with E-state index in [1.165, 1.54) is 0 Å². The van der Waals surface area contributed by atoms with Gasteiger partial charge >= 0.3 is 6.09 Å². The highest BCUT2D eigenvalue weighted by atomic mass is 16.6. The normalized spacial score (nSPS) is 16.3. The lowest BCUT2D eigenvalue weighted by atomic mass is 9.88. The highest BCUT2D eigenvalue weighted by molar-refractivity contribution is 5.68. The average Bonchev–Trinajstić information content (AvgIpc) is 2.48. The van der Waals surface area contributed by atoms with Gasteiger partial charge < -0.3 is 20.1 Å². The van der Waals surface area contributed by atoms with Crippen LogP contribution in [0, 0.1) is 0 Å². The first-order chi connectivity index (χ1) is 10.8. The molecule has 1 aromatic carbocycles. The third-order valence-corrected chi connectivity index (χ3v) is 3.96. The Balaban J connectivity index is 1.99. The number of nitrogens with two attached hydrogens (primary N) is 1. The van der Waals surface area contributed by atoms with Crippen LogP contribution in [-0.4, -0.2) is 36.3 Å². The number of hydrogen-bond donors (Lipinski definition) is 1. The first kappa shape index (κ1) is 17.4. The molecule has 128 valence electrons. The summed E-state index contributed by atoms with van der Waals surface area (Å²) >= 11 is 0. The summed E-state index contributed by atoms with van der Waals surface area (Å²) in [6, 6.07) is 5.84. The van der Waals surface area contributed by atoms with Crippen LogP contribution in [0.3, 0.4) is 0 Å². The van der Waals surface area contributed by atoms with Crippen molar-refractivity contribution in [1.29, 1.82) is 0 Å². The summed E-state index contributed by atoms with van der Waals surface area (Å²) in [6.45, 7) is 9.65. The monoisotopic (exact) mass is 320 g/mol. The van der Waals surface area contributed by atoms with Crippen LogP contribution in [0.25, 0.3) is 0 Å². The number of nitrogen functional groups attached to an aromatic ring is 1.